The number of carboxylic acids is 1. The Balaban J connectivity index is 1.54. The first-order valence-electron chi connectivity index (χ1n) is 9.46. The molecule has 0 bridgehead atoms. The van der Waals surface area contributed by atoms with Crippen LogP contribution in [0.25, 0.3) is 5.52 Å². The Kier molecular flexibility index (Phi) is 4.20. The minimum Gasteiger partial charge on any atom is -0.493 e. The monoisotopic (exact) mass is 411 g/mol. The first-order chi connectivity index (χ1) is 14.0. The van der Waals surface area contributed by atoms with Gasteiger partial charge in [0.2, 0.25) is 0 Å². The summed E-state index contributed by atoms with van der Waals surface area (Å²) in [7, 11) is 3.63. The number of methoxy groups -OCH3 is 1. The van der Waals surface area contributed by atoms with E-state index in [1.54, 1.807) is 29.2 Å². The van der Waals surface area contributed by atoms with Gasteiger partial charge in [0.1, 0.15) is 11.2 Å². The van der Waals surface area contributed by atoms with Gasteiger partial charge in [-0.1, -0.05) is 0 Å². The lowest BCUT2D eigenvalue weighted by Crippen LogP contribution is -2.32. The van der Waals surface area contributed by atoms with Crippen LogP contribution in [0.15, 0.2) is 29.5 Å². The van der Waals surface area contributed by atoms with Gasteiger partial charge in [0.05, 0.1) is 36.8 Å². The molecular formula is C20H21N5O3S. The third-order valence-corrected chi connectivity index (χ3v) is 6.86. The second-order valence-corrected chi connectivity index (χ2v) is 8.50. The minimum atomic E-state index is -0.712. The summed E-state index contributed by atoms with van der Waals surface area (Å²) < 4.78 is 7.36. The number of carboxylic acid groups (broad SMARTS) is 1. The van der Waals surface area contributed by atoms with Crippen molar-refractivity contribution in [3.8, 4) is 5.75 Å². The number of nitrogens with zero attached hydrogens (tertiary/aromatic N) is 4. The Bertz CT molecular complexity index is 1130. The number of anilines is 1. The molecule has 3 aromatic rings. The topological polar surface area (TPSA) is 91.5 Å². The number of aromatic nitrogens is 2. The number of ether oxygens (including phenoxy) is 1. The van der Waals surface area contributed by atoms with E-state index in [1.165, 1.54) is 5.56 Å². The molecule has 5 rings (SSSR count). The first kappa shape index (κ1) is 18.0. The minimum absolute atomic E-state index is 0.108. The van der Waals surface area contributed by atoms with Crippen LogP contribution in [-0.2, 0) is 17.6 Å². The number of carbonyl (C=O) groups is 1. The highest BCUT2D eigenvalue weighted by atomic mass is 32.1. The van der Waals surface area contributed by atoms with Gasteiger partial charge in [-0.05, 0) is 37.0 Å². The first-order valence-corrected chi connectivity index (χ1v) is 10.3. The summed E-state index contributed by atoms with van der Waals surface area (Å²) in [6.45, 7) is 0. The van der Waals surface area contributed by atoms with Gasteiger partial charge in [-0.3, -0.25) is 4.79 Å². The third kappa shape index (κ3) is 2.93. The molecular weight excluding hydrogens is 390 g/mol. The molecule has 0 saturated heterocycles. The number of fused-ring (bicyclic) bond motifs is 4. The third-order valence-electron chi connectivity index (χ3n) is 5.68. The fourth-order valence-corrected chi connectivity index (χ4v) is 5.44. The molecule has 8 nitrogen and oxygen atoms in total. The van der Waals surface area contributed by atoms with Crippen LogP contribution < -0.4 is 10.1 Å². The summed E-state index contributed by atoms with van der Waals surface area (Å²) in [6.07, 6.45) is 7.33. The molecule has 0 radical (unpaired) electrons. The summed E-state index contributed by atoms with van der Waals surface area (Å²) in [4.78, 5) is 19.3. The smallest absolute Gasteiger partial charge is 0.306 e. The van der Waals surface area contributed by atoms with Crippen LogP contribution in [0.5, 0.6) is 5.75 Å². The Morgan fingerprint density at radius 1 is 1.45 bits per heavy atom. The van der Waals surface area contributed by atoms with Crippen molar-refractivity contribution in [3.05, 3.63) is 40.5 Å². The molecule has 2 aliphatic rings. The summed E-state index contributed by atoms with van der Waals surface area (Å²) >= 11 is 1.62. The van der Waals surface area contributed by atoms with Gasteiger partial charge in [0.15, 0.2) is 5.75 Å². The van der Waals surface area contributed by atoms with Gasteiger partial charge in [-0.25, -0.2) is 9.51 Å². The van der Waals surface area contributed by atoms with Gasteiger partial charge in [0, 0.05) is 23.7 Å². The number of aliphatic carboxylic acids is 1. The maximum absolute atomic E-state index is 11.5. The zero-order valence-electron chi connectivity index (χ0n) is 16.1. The average Bonchev–Trinajstić information content (AvgIpc) is 3.32. The van der Waals surface area contributed by atoms with Crippen LogP contribution in [0, 0.1) is 5.92 Å². The molecule has 9 heteroatoms. The predicted molar refractivity (Wildman–Crippen MR) is 111 cm³/mol. The Labute approximate surface area is 171 Å². The lowest BCUT2D eigenvalue weighted by Gasteiger charge is -2.33. The largest absolute Gasteiger partial charge is 0.493 e. The van der Waals surface area contributed by atoms with Crippen molar-refractivity contribution in [1.29, 1.82) is 0 Å². The molecule has 29 heavy (non-hydrogen) atoms. The van der Waals surface area contributed by atoms with E-state index >= 15 is 0 Å². The van der Waals surface area contributed by atoms with Crippen LogP contribution in [0.4, 0.5) is 10.7 Å². The molecule has 0 aromatic carbocycles. The highest BCUT2D eigenvalue weighted by Gasteiger charge is 2.34. The lowest BCUT2D eigenvalue weighted by atomic mass is 9.86. The van der Waals surface area contributed by atoms with Crippen molar-refractivity contribution in [2.75, 3.05) is 19.5 Å². The molecule has 4 heterocycles. The molecule has 0 amide bonds. The number of thiophene rings is 1. The van der Waals surface area contributed by atoms with Crippen molar-refractivity contribution in [2.45, 2.75) is 25.4 Å². The second-order valence-electron chi connectivity index (χ2n) is 7.41. The van der Waals surface area contributed by atoms with E-state index in [9.17, 15) is 9.90 Å². The Morgan fingerprint density at radius 2 is 2.31 bits per heavy atom. The van der Waals surface area contributed by atoms with Gasteiger partial charge >= 0.3 is 5.97 Å². The van der Waals surface area contributed by atoms with Crippen molar-refractivity contribution in [1.82, 2.24) is 14.5 Å². The van der Waals surface area contributed by atoms with Crippen molar-refractivity contribution < 1.29 is 14.6 Å². The summed E-state index contributed by atoms with van der Waals surface area (Å²) in [5.74, 6) is -0.315. The summed E-state index contributed by atoms with van der Waals surface area (Å²) in [5.41, 5.74) is 4.23. The van der Waals surface area contributed by atoms with Crippen LogP contribution in [0.1, 0.15) is 28.6 Å². The maximum atomic E-state index is 11.5. The number of aliphatic imine (C=N–C) groups is 1. The highest BCUT2D eigenvalue weighted by molar-refractivity contribution is 7.16. The Hall–Kier alpha value is -3.07. The van der Waals surface area contributed by atoms with Crippen LogP contribution >= 0.6 is 11.3 Å². The lowest BCUT2D eigenvalue weighted by molar-refractivity contribution is -0.142. The number of hydrogen-bond acceptors (Lipinski definition) is 7. The Morgan fingerprint density at radius 3 is 3.10 bits per heavy atom. The summed E-state index contributed by atoms with van der Waals surface area (Å²) in [5, 5.41) is 18.3. The molecule has 1 aliphatic heterocycles. The summed E-state index contributed by atoms with van der Waals surface area (Å²) in [6, 6.07) is 3.96. The van der Waals surface area contributed by atoms with E-state index in [-0.39, 0.29) is 12.1 Å². The molecule has 150 valence electrons. The van der Waals surface area contributed by atoms with E-state index in [1.807, 2.05) is 36.6 Å². The fraction of sp³-hybridized carbons (Fsp3) is 0.350. The maximum Gasteiger partial charge on any atom is 0.306 e. The van der Waals surface area contributed by atoms with Crippen molar-refractivity contribution in [3.63, 3.8) is 0 Å². The number of hydrogen-bond donors (Lipinski definition) is 2. The normalized spacial score (nSPS) is 20.4. The molecule has 1 unspecified atom stereocenters. The average molecular weight is 411 g/mol. The van der Waals surface area contributed by atoms with Crippen LogP contribution in [-0.4, -0.2) is 46.1 Å². The zero-order valence-corrected chi connectivity index (χ0v) is 16.9. The molecule has 0 spiro atoms. The van der Waals surface area contributed by atoms with Crippen molar-refractivity contribution in [2.24, 2.45) is 10.9 Å². The van der Waals surface area contributed by atoms with Gasteiger partial charge in [-0.15, -0.1) is 11.3 Å². The highest BCUT2D eigenvalue weighted by Crippen LogP contribution is 2.47. The van der Waals surface area contributed by atoms with Crippen LogP contribution in [0.2, 0.25) is 0 Å². The predicted octanol–water partition coefficient (Wildman–Crippen LogP) is 3.31. The molecule has 0 saturated carbocycles. The quantitative estimate of drug-likeness (QED) is 0.684. The number of nitrogens with one attached hydrogen (secondary N) is 1. The van der Waals surface area contributed by atoms with Gasteiger partial charge in [-0.2, -0.15) is 5.10 Å². The molecule has 1 aliphatic carbocycles. The molecule has 2 N–H and O–H groups in total. The van der Waals surface area contributed by atoms with Crippen LogP contribution in [0.3, 0.4) is 0 Å². The number of rotatable bonds is 4. The van der Waals surface area contributed by atoms with Crippen molar-refractivity contribution >= 4 is 39.8 Å². The zero-order chi connectivity index (χ0) is 20.1. The second kappa shape index (κ2) is 6.77. The standard InChI is InChI=1S/C20H21N5O3S/c1-24-10-21-19-17(13-4-3-11(20(26)27)7-16(13)29-19)18(24)23-14-8-12-5-6-22-25(12)9-15(14)28-2/h5-6,8-11,18,23H,3-4,7H2,1-2H3,(H,26,27)/t11-,18?/m0/s1. The SMILES string of the molecule is COc1cn2nccc2cc1NC1c2c(sc3c2CC[C@H](C(=O)O)C3)N=CN1C. The van der Waals surface area contributed by atoms with E-state index in [4.69, 9.17) is 4.74 Å². The molecule has 2 atom stereocenters. The van der Waals surface area contributed by atoms with E-state index in [2.05, 4.69) is 15.4 Å². The van der Waals surface area contributed by atoms with Gasteiger partial charge in [0.25, 0.3) is 0 Å². The molecule has 3 aromatic heterocycles. The van der Waals surface area contributed by atoms with E-state index < -0.39 is 5.97 Å². The fourth-order valence-electron chi connectivity index (χ4n) is 4.14. The van der Waals surface area contributed by atoms with E-state index in [0.717, 1.165) is 33.1 Å². The number of pyridine rings is 1. The molecule has 0 fully saturated rings. The van der Waals surface area contributed by atoms with Gasteiger partial charge < -0.3 is 20.1 Å². The van der Waals surface area contributed by atoms with E-state index in [0.29, 0.717) is 18.6 Å².